The number of carbonyl (C=O) groups excluding carboxylic acids is 1. The van der Waals surface area contributed by atoms with Gasteiger partial charge in [-0.1, -0.05) is 25.7 Å². The van der Waals surface area contributed by atoms with Gasteiger partial charge in [-0.25, -0.2) is 0 Å². The molecule has 0 saturated heterocycles. The number of allylic oxidation sites excluding steroid dienone is 2. The molecular weight excluding hydrogens is 200 g/mol. The number of ether oxygens (including phenoxy) is 1. The molecule has 0 unspecified atom stereocenters. The molecule has 0 heterocycles. The average molecular weight is 222 g/mol. The fourth-order valence-corrected chi connectivity index (χ4v) is 3.02. The molecule has 2 heteroatoms. The van der Waals surface area contributed by atoms with E-state index in [4.69, 9.17) is 4.74 Å². The molecule has 2 rings (SSSR count). The predicted molar refractivity (Wildman–Crippen MR) is 64.0 cm³/mol. The van der Waals surface area contributed by atoms with E-state index >= 15 is 0 Å². The monoisotopic (exact) mass is 222 g/mol. The summed E-state index contributed by atoms with van der Waals surface area (Å²) in [5.74, 6) is 2.04. The van der Waals surface area contributed by atoms with E-state index in [9.17, 15) is 4.79 Å². The lowest BCUT2D eigenvalue weighted by Crippen LogP contribution is -2.11. The van der Waals surface area contributed by atoms with E-state index in [2.05, 4.69) is 0 Å². The van der Waals surface area contributed by atoms with E-state index in [1.165, 1.54) is 38.5 Å². The standard InChI is InChI=1S/C14H22O2/c1-16-14(12-8-4-5-9-12)10-13(15)11-6-2-3-7-11/h10-12H,2-9H2,1H3/b14-10-. The van der Waals surface area contributed by atoms with Crippen LogP contribution in [-0.4, -0.2) is 12.9 Å². The quantitative estimate of drug-likeness (QED) is 0.538. The second-order valence-corrected chi connectivity index (χ2v) is 5.12. The third-order valence-electron chi connectivity index (χ3n) is 4.04. The zero-order valence-electron chi connectivity index (χ0n) is 10.2. The maximum Gasteiger partial charge on any atom is 0.162 e. The van der Waals surface area contributed by atoms with E-state index in [1.54, 1.807) is 13.2 Å². The zero-order chi connectivity index (χ0) is 11.4. The molecule has 2 aliphatic carbocycles. The third-order valence-corrected chi connectivity index (χ3v) is 4.04. The number of rotatable bonds is 4. The second-order valence-electron chi connectivity index (χ2n) is 5.12. The Kier molecular flexibility index (Phi) is 4.03. The first kappa shape index (κ1) is 11.7. The predicted octanol–water partition coefficient (Wildman–Crippen LogP) is 3.47. The largest absolute Gasteiger partial charge is 0.501 e. The van der Waals surface area contributed by atoms with Crippen LogP contribution in [0.4, 0.5) is 0 Å². The molecule has 0 aromatic carbocycles. The van der Waals surface area contributed by atoms with Crippen molar-refractivity contribution in [3.8, 4) is 0 Å². The van der Waals surface area contributed by atoms with Gasteiger partial charge >= 0.3 is 0 Å². The van der Waals surface area contributed by atoms with Gasteiger partial charge in [0.05, 0.1) is 7.11 Å². The Hall–Kier alpha value is -0.790. The van der Waals surface area contributed by atoms with E-state index in [0.29, 0.717) is 11.7 Å². The van der Waals surface area contributed by atoms with Crippen molar-refractivity contribution < 1.29 is 9.53 Å². The van der Waals surface area contributed by atoms with Gasteiger partial charge in [0.15, 0.2) is 5.78 Å². The van der Waals surface area contributed by atoms with E-state index in [1.807, 2.05) is 0 Å². The molecule has 0 radical (unpaired) electrons. The van der Waals surface area contributed by atoms with Gasteiger partial charge in [0.25, 0.3) is 0 Å². The molecule has 2 nitrogen and oxygen atoms in total. The Morgan fingerprint density at radius 1 is 1.00 bits per heavy atom. The van der Waals surface area contributed by atoms with Gasteiger partial charge in [-0.15, -0.1) is 0 Å². The van der Waals surface area contributed by atoms with Crippen LogP contribution in [0.2, 0.25) is 0 Å². The van der Waals surface area contributed by atoms with Crippen LogP contribution in [0.3, 0.4) is 0 Å². The van der Waals surface area contributed by atoms with Gasteiger partial charge in [0.2, 0.25) is 0 Å². The molecule has 0 amide bonds. The van der Waals surface area contributed by atoms with Crippen molar-refractivity contribution in [2.75, 3.05) is 7.11 Å². The summed E-state index contributed by atoms with van der Waals surface area (Å²) < 4.78 is 5.40. The van der Waals surface area contributed by atoms with Gasteiger partial charge < -0.3 is 4.74 Å². The molecule has 2 fully saturated rings. The fourth-order valence-electron chi connectivity index (χ4n) is 3.02. The topological polar surface area (TPSA) is 26.3 Å². The normalized spacial score (nSPS) is 23.9. The van der Waals surface area contributed by atoms with Crippen molar-refractivity contribution in [3.63, 3.8) is 0 Å². The van der Waals surface area contributed by atoms with Crippen molar-refractivity contribution in [1.82, 2.24) is 0 Å². The number of methoxy groups -OCH3 is 1. The minimum absolute atomic E-state index is 0.284. The molecule has 2 aliphatic rings. The van der Waals surface area contributed by atoms with Crippen molar-refractivity contribution in [3.05, 3.63) is 11.8 Å². The zero-order valence-corrected chi connectivity index (χ0v) is 10.2. The summed E-state index contributed by atoms with van der Waals surface area (Å²) in [6.45, 7) is 0. The molecule has 0 spiro atoms. The van der Waals surface area contributed by atoms with Crippen LogP contribution in [0.5, 0.6) is 0 Å². The molecule has 0 aliphatic heterocycles. The van der Waals surface area contributed by atoms with Crippen LogP contribution in [0.15, 0.2) is 11.8 Å². The molecule has 2 saturated carbocycles. The van der Waals surface area contributed by atoms with Crippen molar-refractivity contribution in [1.29, 1.82) is 0 Å². The number of ketones is 1. The first-order chi connectivity index (χ1) is 7.81. The second kappa shape index (κ2) is 5.51. The van der Waals surface area contributed by atoms with Crippen LogP contribution in [0.1, 0.15) is 51.4 Å². The van der Waals surface area contributed by atoms with Gasteiger partial charge in [0.1, 0.15) is 5.76 Å². The average Bonchev–Trinajstić information content (AvgIpc) is 2.96. The summed E-state index contributed by atoms with van der Waals surface area (Å²) >= 11 is 0. The first-order valence-corrected chi connectivity index (χ1v) is 6.60. The Morgan fingerprint density at radius 3 is 2.00 bits per heavy atom. The van der Waals surface area contributed by atoms with Gasteiger partial charge in [-0.3, -0.25) is 4.79 Å². The van der Waals surface area contributed by atoms with Crippen LogP contribution in [0.25, 0.3) is 0 Å². The van der Waals surface area contributed by atoms with Gasteiger partial charge in [0, 0.05) is 17.9 Å². The molecular formula is C14H22O2. The summed E-state index contributed by atoms with van der Waals surface area (Å²) in [6, 6.07) is 0. The third kappa shape index (κ3) is 2.66. The highest BCUT2D eigenvalue weighted by atomic mass is 16.5. The Balaban J connectivity index is 1.98. The van der Waals surface area contributed by atoms with Crippen molar-refractivity contribution in [2.24, 2.45) is 11.8 Å². The first-order valence-electron chi connectivity index (χ1n) is 6.60. The van der Waals surface area contributed by atoms with Crippen LogP contribution in [0, 0.1) is 11.8 Å². The lowest BCUT2D eigenvalue weighted by atomic mass is 9.98. The van der Waals surface area contributed by atoms with E-state index in [-0.39, 0.29) is 5.92 Å². The van der Waals surface area contributed by atoms with E-state index in [0.717, 1.165) is 18.6 Å². The van der Waals surface area contributed by atoms with Crippen LogP contribution >= 0.6 is 0 Å². The molecule has 16 heavy (non-hydrogen) atoms. The smallest absolute Gasteiger partial charge is 0.162 e. The molecule has 90 valence electrons. The van der Waals surface area contributed by atoms with Crippen molar-refractivity contribution in [2.45, 2.75) is 51.4 Å². The summed E-state index contributed by atoms with van der Waals surface area (Å²) in [7, 11) is 1.70. The Morgan fingerprint density at radius 2 is 1.50 bits per heavy atom. The molecule has 0 N–H and O–H groups in total. The Labute approximate surface area is 98.1 Å². The SMILES string of the molecule is CO/C(=C\C(=O)C1CCCC1)C1CCCC1. The summed E-state index contributed by atoms with van der Waals surface area (Å²) in [6.07, 6.45) is 11.3. The maximum absolute atomic E-state index is 12.0. The minimum atomic E-state index is 0.284. The molecule has 0 aromatic heterocycles. The highest BCUT2D eigenvalue weighted by Gasteiger charge is 2.25. The maximum atomic E-state index is 12.0. The van der Waals surface area contributed by atoms with Gasteiger partial charge in [-0.2, -0.15) is 0 Å². The van der Waals surface area contributed by atoms with Crippen molar-refractivity contribution >= 4 is 5.78 Å². The Bertz CT molecular complexity index is 268. The summed E-state index contributed by atoms with van der Waals surface area (Å²) in [4.78, 5) is 12.0. The van der Waals surface area contributed by atoms with Crippen LogP contribution < -0.4 is 0 Å². The summed E-state index contributed by atoms with van der Waals surface area (Å²) in [5.41, 5.74) is 0. The highest BCUT2D eigenvalue weighted by molar-refractivity contribution is 5.92. The number of hydrogen-bond acceptors (Lipinski definition) is 2. The number of hydrogen-bond donors (Lipinski definition) is 0. The molecule has 0 atom stereocenters. The minimum Gasteiger partial charge on any atom is -0.501 e. The van der Waals surface area contributed by atoms with Gasteiger partial charge in [-0.05, 0) is 25.7 Å². The molecule has 0 bridgehead atoms. The lowest BCUT2D eigenvalue weighted by Gasteiger charge is -2.13. The van der Waals surface area contributed by atoms with E-state index < -0.39 is 0 Å². The lowest BCUT2D eigenvalue weighted by molar-refractivity contribution is -0.118. The highest BCUT2D eigenvalue weighted by Crippen LogP contribution is 2.32. The number of carbonyl (C=O) groups is 1. The fraction of sp³-hybridized carbons (Fsp3) is 0.786. The van der Waals surface area contributed by atoms with Crippen LogP contribution in [-0.2, 0) is 9.53 Å². The molecule has 0 aromatic rings. The summed E-state index contributed by atoms with van der Waals surface area (Å²) in [5, 5.41) is 0.